The summed E-state index contributed by atoms with van der Waals surface area (Å²) in [6.45, 7) is 2.10. The number of aliphatic hydroxyl groups is 1. The smallest absolute Gasteiger partial charge is 0.407 e. The summed E-state index contributed by atoms with van der Waals surface area (Å²) >= 11 is 3.53. The van der Waals surface area contributed by atoms with Crippen LogP contribution in [0.4, 0.5) is 4.79 Å². The van der Waals surface area contributed by atoms with Crippen molar-refractivity contribution in [1.82, 2.24) is 5.32 Å². The third-order valence-electron chi connectivity index (χ3n) is 4.94. The van der Waals surface area contributed by atoms with Gasteiger partial charge in [0.2, 0.25) is 0 Å². The topological polar surface area (TPSA) is 75.6 Å². The molecule has 3 rings (SSSR count). The van der Waals surface area contributed by atoms with Crippen LogP contribution >= 0.6 is 15.9 Å². The molecule has 0 radical (unpaired) electrons. The predicted octanol–water partition coefficient (Wildman–Crippen LogP) is 4.89. The Morgan fingerprint density at radius 3 is 2.22 bits per heavy atom. The molecule has 1 amide bonds. The normalized spacial score (nSPS) is 14.7. The largest absolute Gasteiger partial charge is 0.445 e. The fourth-order valence-electron chi connectivity index (χ4n) is 3.15. The fraction of sp³-hybridized carbons (Fsp3) is 0.240. The quantitative estimate of drug-likeness (QED) is 0.397. The highest BCUT2D eigenvalue weighted by molar-refractivity contribution is 9.09. The second-order valence-electron chi connectivity index (χ2n) is 7.43. The van der Waals surface area contributed by atoms with E-state index in [-0.39, 0.29) is 12.4 Å². The van der Waals surface area contributed by atoms with Crippen molar-refractivity contribution in [3.8, 4) is 0 Å². The Hall–Kier alpha value is -2.48. The number of hydrogen-bond donors (Lipinski definition) is 2. The highest BCUT2D eigenvalue weighted by Crippen LogP contribution is 2.27. The van der Waals surface area contributed by atoms with Gasteiger partial charge in [0.25, 0.3) is 0 Å². The van der Waals surface area contributed by atoms with Gasteiger partial charge in [-0.2, -0.15) is 0 Å². The van der Waals surface area contributed by atoms with Gasteiger partial charge in [-0.1, -0.05) is 94.3 Å². The second kappa shape index (κ2) is 11.9. The lowest BCUT2D eigenvalue weighted by molar-refractivity contribution is 0.129. The number of benzene rings is 3. The average molecular weight is 516 g/mol. The molecule has 0 heterocycles. The van der Waals surface area contributed by atoms with E-state index in [2.05, 4.69) is 21.2 Å². The van der Waals surface area contributed by atoms with Gasteiger partial charge in [-0.3, -0.25) is 4.21 Å². The molecule has 0 saturated heterocycles. The molecule has 3 aromatic rings. The monoisotopic (exact) mass is 515 g/mol. The summed E-state index contributed by atoms with van der Waals surface area (Å²) in [6, 6.07) is 25.5. The number of alkyl carbamates (subject to hydrolysis) is 1. The van der Waals surface area contributed by atoms with Crippen LogP contribution in [-0.2, 0) is 22.1 Å². The minimum absolute atomic E-state index is 0.0308. The van der Waals surface area contributed by atoms with E-state index >= 15 is 0 Å². The SMILES string of the molecule is Cc1ccc([S@](=O)C[C@@H](O)[C@H](Br)[C@@H](NC(=O)OCc2ccccc2)c2ccccc2)cc1. The Labute approximate surface area is 199 Å². The molecule has 32 heavy (non-hydrogen) atoms. The van der Waals surface area contributed by atoms with Crippen molar-refractivity contribution >= 4 is 32.8 Å². The van der Waals surface area contributed by atoms with Crippen LogP contribution in [0, 0.1) is 6.92 Å². The Bertz CT molecular complexity index is 1020. The Morgan fingerprint density at radius 2 is 1.59 bits per heavy atom. The molecule has 168 valence electrons. The van der Waals surface area contributed by atoms with E-state index < -0.39 is 33.9 Å². The van der Waals surface area contributed by atoms with Gasteiger partial charge in [0.1, 0.15) is 6.61 Å². The zero-order chi connectivity index (χ0) is 22.9. The first kappa shape index (κ1) is 24.2. The van der Waals surface area contributed by atoms with E-state index in [4.69, 9.17) is 4.74 Å². The van der Waals surface area contributed by atoms with Crippen molar-refractivity contribution in [2.45, 2.75) is 35.4 Å². The van der Waals surface area contributed by atoms with Crippen molar-refractivity contribution in [3.05, 3.63) is 102 Å². The van der Waals surface area contributed by atoms with E-state index in [1.165, 1.54) is 0 Å². The first-order valence-electron chi connectivity index (χ1n) is 10.2. The lowest BCUT2D eigenvalue weighted by atomic mass is 10.0. The van der Waals surface area contributed by atoms with E-state index in [0.717, 1.165) is 16.7 Å². The summed E-state index contributed by atoms with van der Waals surface area (Å²) in [5.74, 6) is 0.0308. The second-order valence-corrected chi connectivity index (χ2v) is 9.98. The molecule has 0 spiro atoms. The van der Waals surface area contributed by atoms with Gasteiger partial charge in [-0.25, -0.2) is 4.79 Å². The number of alkyl halides is 1. The number of carbonyl (C=O) groups is 1. The number of carbonyl (C=O) groups excluding carboxylic acids is 1. The first-order chi connectivity index (χ1) is 15.4. The number of halogens is 1. The van der Waals surface area contributed by atoms with E-state index in [9.17, 15) is 14.1 Å². The molecule has 0 aliphatic rings. The summed E-state index contributed by atoms with van der Waals surface area (Å²) in [5, 5.41) is 13.7. The molecule has 3 aromatic carbocycles. The molecule has 4 atom stereocenters. The minimum atomic E-state index is -1.38. The molecule has 0 saturated carbocycles. The number of aryl methyl sites for hydroxylation is 1. The van der Waals surface area contributed by atoms with Gasteiger partial charge in [0.05, 0.1) is 33.5 Å². The van der Waals surface area contributed by atoms with Gasteiger partial charge in [0.15, 0.2) is 0 Å². The average Bonchev–Trinajstić information content (AvgIpc) is 2.82. The molecule has 0 aliphatic carbocycles. The third kappa shape index (κ3) is 7.02. The Balaban J connectivity index is 1.67. The number of hydrogen-bond acceptors (Lipinski definition) is 4. The summed E-state index contributed by atoms with van der Waals surface area (Å²) in [6.07, 6.45) is -1.57. The third-order valence-corrected chi connectivity index (χ3v) is 7.52. The van der Waals surface area contributed by atoms with Crippen molar-refractivity contribution in [1.29, 1.82) is 0 Å². The molecule has 0 unspecified atom stereocenters. The molecule has 0 bridgehead atoms. The predicted molar refractivity (Wildman–Crippen MR) is 130 cm³/mol. The minimum Gasteiger partial charge on any atom is -0.445 e. The van der Waals surface area contributed by atoms with Crippen molar-refractivity contribution in [3.63, 3.8) is 0 Å². The van der Waals surface area contributed by atoms with Crippen LogP contribution in [0.1, 0.15) is 22.7 Å². The van der Waals surface area contributed by atoms with Crippen molar-refractivity contribution in [2.75, 3.05) is 5.75 Å². The summed E-state index contributed by atoms with van der Waals surface area (Å²) in [5.41, 5.74) is 2.75. The van der Waals surface area contributed by atoms with Crippen LogP contribution in [0.2, 0.25) is 0 Å². The van der Waals surface area contributed by atoms with Crippen LogP contribution < -0.4 is 5.32 Å². The van der Waals surface area contributed by atoms with Crippen molar-refractivity contribution in [2.24, 2.45) is 0 Å². The van der Waals surface area contributed by atoms with Gasteiger partial charge >= 0.3 is 6.09 Å². The molecular weight excluding hydrogens is 490 g/mol. The zero-order valence-corrected chi connectivity index (χ0v) is 20.1. The summed E-state index contributed by atoms with van der Waals surface area (Å²) < 4.78 is 18.1. The van der Waals surface area contributed by atoms with E-state index in [1.807, 2.05) is 79.7 Å². The summed E-state index contributed by atoms with van der Waals surface area (Å²) in [7, 11) is -1.38. The lowest BCUT2D eigenvalue weighted by Gasteiger charge is -2.27. The van der Waals surface area contributed by atoms with Crippen LogP contribution in [0.3, 0.4) is 0 Å². The van der Waals surface area contributed by atoms with Gasteiger partial charge < -0.3 is 15.2 Å². The van der Waals surface area contributed by atoms with Crippen LogP contribution in [0.5, 0.6) is 0 Å². The standard InChI is InChI=1S/C25H26BrNO4S/c1-18-12-14-21(15-13-18)32(30)17-22(28)23(26)24(20-10-6-3-7-11-20)27-25(29)31-16-19-8-4-2-5-9-19/h2-15,22-24,28H,16-17H2,1H3,(H,27,29)/t22-,23+,24+,32-/m1/s1. The van der Waals surface area contributed by atoms with Gasteiger partial charge in [0, 0.05) is 4.90 Å². The maximum Gasteiger partial charge on any atom is 0.407 e. The molecule has 0 fully saturated rings. The summed E-state index contributed by atoms with van der Waals surface area (Å²) in [4.78, 5) is 12.6. The van der Waals surface area contributed by atoms with Crippen LogP contribution in [0.25, 0.3) is 0 Å². The molecule has 0 aromatic heterocycles. The van der Waals surface area contributed by atoms with Gasteiger partial charge in [-0.05, 0) is 30.2 Å². The molecule has 2 N–H and O–H groups in total. The fourth-order valence-corrected chi connectivity index (χ4v) is 5.18. The number of ether oxygens (including phenoxy) is 1. The Morgan fingerprint density at radius 1 is 1.00 bits per heavy atom. The molecule has 7 heteroatoms. The molecule has 5 nitrogen and oxygen atoms in total. The highest BCUT2D eigenvalue weighted by Gasteiger charge is 2.30. The maximum atomic E-state index is 12.7. The number of amides is 1. The lowest BCUT2D eigenvalue weighted by Crippen LogP contribution is -2.41. The van der Waals surface area contributed by atoms with E-state index in [0.29, 0.717) is 4.90 Å². The highest BCUT2D eigenvalue weighted by atomic mass is 79.9. The van der Waals surface area contributed by atoms with E-state index in [1.54, 1.807) is 12.1 Å². The van der Waals surface area contributed by atoms with Crippen molar-refractivity contribution < 1.29 is 18.8 Å². The van der Waals surface area contributed by atoms with Crippen LogP contribution in [0.15, 0.2) is 89.8 Å². The number of nitrogens with one attached hydrogen (secondary N) is 1. The van der Waals surface area contributed by atoms with Crippen LogP contribution in [-0.4, -0.2) is 32.1 Å². The zero-order valence-electron chi connectivity index (χ0n) is 17.7. The first-order valence-corrected chi connectivity index (χ1v) is 12.5. The molecule has 0 aliphatic heterocycles. The number of aliphatic hydroxyl groups excluding tert-OH is 1. The maximum absolute atomic E-state index is 12.7. The number of rotatable bonds is 9. The molecular formula is C25H26BrNO4S. The van der Waals surface area contributed by atoms with Gasteiger partial charge in [-0.15, -0.1) is 0 Å². The Kier molecular flexibility index (Phi) is 9.02.